The van der Waals surface area contributed by atoms with Gasteiger partial charge in [-0.25, -0.2) is 13.4 Å². The fourth-order valence-corrected chi connectivity index (χ4v) is 3.88. The van der Waals surface area contributed by atoms with E-state index >= 15 is 0 Å². The third kappa shape index (κ3) is 5.03. The molecule has 0 bridgehead atoms. The van der Waals surface area contributed by atoms with Crippen LogP contribution < -0.4 is 10.1 Å². The third-order valence-corrected chi connectivity index (χ3v) is 6.32. The first-order valence-electron chi connectivity index (χ1n) is 7.56. The number of sulfone groups is 1. The van der Waals surface area contributed by atoms with Crippen molar-refractivity contribution in [1.82, 2.24) is 4.98 Å². The molecule has 1 amide bonds. The van der Waals surface area contributed by atoms with E-state index in [0.29, 0.717) is 16.8 Å². The van der Waals surface area contributed by atoms with Crippen LogP contribution in [0, 0.1) is 6.92 Å². The summed E-state index contributed by atoms with van der Waals surface area (Å²) in [6, 6.07) is 2.93. The molecule has 0 saturated heterocycles. The Labute approximate surface area is 160 Å². The topological polar surface area (TPSA) is 102 Å². The highest BCUT2D eigenvalue weighted by atomic mass is 35.5. The Kier molecular flexibility index (Phi) is 6.38. The van der Waals surface area contributed by atoms with Gasteiger partial charge < -0.3 is 4.74 Å². The average Bonchev–Trinajstić information content (AvgIpc) is 2.97. The number of hydrogen-bond acceptors (Lipinski definition) is 7. The van der Waals surface area contributed by atoms with Gasteiger partial charge in [0, 0.05) is 23.6 Å². The molecule has 0 saturated carbocycles. The molecular weight excluding hydrogens is 400 g/mol. The number of nitrogens with zero attached hydrogens (tertiary/aromatic N) is 1. The molecule has 0 aliphatic rings. The molecule has 1 N–H and O–H groups in total. The first kappa shape index (κ1) is 20.3. The van der Waals surface area contributed by atoms with Crippen LogP contribution in [0.2, 0.25) is 5.02 Å². The van der Waals surface area contributed by atoms with Crippen molar-refractivity contribution in [3.8, 4) is 5.75 Å². The summed E-state index contributed by atoms with van der Waals surface area (Å²) in [5, 5.41) is 4.66. The van der Waals surface area contributed by atoms with Crippen molar-refractivity contribution < 1.29 is 22.7 Å². The molecule has 2 rings (SSSR count). The zero-order valence-corrected chi connectivity index (χ0v) is 16.7. The maximum Gasteiger partial charge on any atom is 0.308 e. The number of hydrogen-bond donors (Lipinski definition) is 1. The lowest BCUT2D eigenvalue weighted by Gasteiger charge is -2.10. The fraction of sp³-hybridized carbons (Fsp3) is 0.312. The third-order valence-electron chi connectivity index (χ3n) is 3.43. The van der Waals surface area contributed by atoms with E-state index < -0.39 is 21.7 Å². The van der Waals surface area contributed by atoms with Crippen LogP contribution in [-0.2, 0) is 20.4 Å². The maximum atomic E-state index is 12.4. The summed E-state index contributed by atoms with van der Waals surface area (Å²) in [6.07, 6.45) is 0. The van der Waals surface area contributed by atoms with Crippen molar-refractivity contribution in [3.63, 3.8) is 0 Å². The van der Waals surface area contributed by atoms with Crippen molar-refractivity contribution in [3.05, 3.63) is 39.4 Å². The van der Waals surface area contributed by atoms with Gasteiger partial charge in [0.1, 0.15) is 5.75 Å². The van der Waals surface area contributed by atoms with Gasteiger partial charge in [0.15, 0.2) is 15.0 Å². The molecule has 7 nitrogen and oxygen atoms in total. The molecule has 0 fully saturated rings. The second kappa shape index (κ2) is 8.15. The van der Waals surface area contributed by atoms with E-state index in [4.69, 9.17) is 16.3 Å². The Morgan fingerprint density at radius 2 is 2.04 bits per heavy atom. The zero-order valence-electron chi connectivity index (χ0n) is 14.3. The quantitative estimate of drug-likeness (QED) is 0.573. The van der Waals surface area contributed by atoms with Gasteiger partial charge in [-0.3, -0.25) is 14.9 Å². The molecule has 26 heavy (non-hydrogen) atoms. The Balaban J connectivity index is 2.17. The van der Waals surface area contributed by atoms with Gasteiger partial charge in [-0.2, -0.15) is 0 Å². The van der Waals surface area contributed by atoms with Crippen LogP contribution in [-0.4, -0.2) is 31.0 Å². The summed E-state index contributed by atoms with van der Waals surface area (Å²) >= 11 is 7.28. The zero-order chi connectivity index (χ0) is 19.5. The number of amides is 1. The molecule has 140 valence electrons. The molecule has 0 aliphatic carbocycles. The minimum absolute atomic E-state index is 0.0264. The number of benzene rings is 1. The number of aromatic nitrogens is 1. The van der Waals surface area contributed by atoms with Gasteiger partial charge in [-0.05, 0) is 24.6 Å². The van der Waals surface area contributed by atoms with Crippen LogP contribution in [0.3, 0.4) is 0 Å². The van der Waals surface area contributed by atoms with E-state index in [2.05, 4.69) is 10.3 Å². The summed E-state index contributed by atoms with van der Waals surface area (Å²) in [7, 11) is -3.19. The molecule has 10 heteroatoms. The van der Waals surface area contributed by atoms with Crippen LogP contribution in [0.15, 0.2) is 17.5 Å². The number of ether oxygens (including phenoxy) is 1. The predicted octanol–water partition coefficient (Wildman–Crippen LogP) is 3.22. The minimum atomic E-state index is -3.19. The van der Waals surface area contributed by atoms with Gasteiger partial charge in [-0.15, -0.1) is 11.3 Å². The van der Waals surface area contributed by atoms with Crippen molar-refractivity contribution in [2.24, 2.45) is 0 Å². The average molecular weight is 417 g/mol. The smallest absolute Gasteiger partial charge is 0.308 e. The summed E-state index contributed by atoms with van der Waals surface area (Å²) in [6.45, 7) is 4.45. The van der Waals surface area contributed by atoms with Gasteiger partial charge in [0.2, 0.25) is 0 Å². The molecule has 2 aromatic rings. The maximum absolute atomic E-state index is 12.4. The monoisotopic (exact) mass is 416 g/mol. The molecule has 1 heterocycles. The molecule has 0 atom stereocenters. The standard InChI is InChI=1S/C16H17ClN2O5S2/c1-4-26(22,23)8-11-7-25-16(18-11)19-15(21)12-5-6-13(24-10(3)20)14(17)9(12)2/h5-7H,4,8H2,1-3H3,(H,18,19,21). The van der Waals surface area contributed by atoms with Crippen LogP contribution in [0.1, 0.15) is 35.5 Å². The molecular formula is C16H17ClN2O5S2. The molecule has 1 aromatic carbocycles. The van der Waals surface area contributed by atoms with Gasteiger partial charge in [0.05, 0.1) is 16.5 Å². The van der Waals surface area contributed by atoms with E-state index in [9.17, 15) is 18.0 Å². The van der Waals surface area contributed by atoms with Crippen molar-refractivity contribution in [2.75, 3.05) is 11.1 Å². The highest BCUT2D eigenvalue weighted by Gasteiger charge is 2.18. The van der Waals surface area contributed by atoms with Crippen LogP contribution in [0.25, 0.3) is 0 Å². The van der Waals surface area contributed by atoms with Crippen molar-refractivity contribution in [1.29, 1.82) is 0 Å². The fourth-order valence-electron chi connectivity index (χ4n) is 2.06. The van der Waals surface area contributed by atoms with Gasteiger partial charge in [-0.1, -0.05) is 18.5 Å². The Hall–Kier alpha value is -1.97. The van der Waals surface area contributed by atoms with Crippen LogP contribution in [0.5, 0.6) is 5.75 Å². The molecule has 0 radical (unpaired) electrons. The lowest BCUT2D eigenvalue weighted by Crippen LogP contribution is -2.14. The normalized spacial score (nSPS) is 11.2. The van der Waals surface area contributed by atoms with E-state index in [-0.39, 0.29) is 27.4 Å². The van der Waals surface area contributed by atoms with Gasteiger partial charge >= 0.3 is 5.97 Å². The minimum Gasteiger partial charge on any atom is -0.425 e. The van der Waals surface area contributed by atoms with Gasteiger partial charge in [0.25, 0.3) is 5.91 Å². The highest BCUT2D eigenvalue weighted by Crippen LogP contribution is 2.31. The predicted molar refractivity (Wildman–Crippen MR) is 101 cm³/mol. The first-order chi connectivity index (χ1) is 12.1. The number of anilines is 1. The first-order valence-corrected chi connectivity index (χ1v) is 10.6. The second-order valence-electron chi connectivity index (χ2n) is 5.42. The lowest BCUT2D eigenvalue weighted by molar-refractivity contribution is -0.131. The Bertz CT molecular complexity index is 954. The van der Waals surface area contributed by atoms with Crippen LogP contribution >= 0.6 is 22.9 Å². The summed E-state index contributed by atoms with van der Waals surface area (Å²) in [5.74, 6) is -0.926. The largest absolute Gasteiger partial charge is 0.425 e. The Morgan fingerprint density at radius 1 is 1.35 bits per heavy atom. The lowest BCUT2D eigenvalue weighted by atomic mass is 10.1. The molecule has 0 unspecified atom stereocenters. The highest BCUT2D eigenvalue weighted by molar-refractivity contribution is 7.90. The molecule has 0 aliphatic heterocycles. The molecule has 1 aromatic heterocycles. The number of thiazole rings is 1. The SMILES string of the molecule is CCS(=O)(=O)Cc1csc(NC(=O)c2ccc(OC(C)=O)c(Cl)c2C)n1. The Morgan fingerprint density at radius 3 is 2.65 bits per heavy atom. The summed E-state index contributed by atoms with van der Waals surface area (Å²) in [4.78, 5) is 27.6. The number of carbonyl (C=O) groups excluding carboxylic acids is 2. The number of rotatable bonds is 6. The number of halogens is 1. The van der Waals surface area contributed by atoms with Crippen molar-refractivity contribution >= 4 is 49.8 Å². The van der Waals surface area contributed by atoms with E-state index in [0.717, 1.165) is 11.3 Å². The van der Waals surface area contributed by atoms with Crippen LogP contribution in [0.4, 0.5) is 5.13 Å². The summed E-state index contributed by atoms with van der Waals surface area (Å²) < 4.78 is 28.2. The van der Waals surface area contributed by atoms with Crippen molar-refractivity contribution in [2.45, 2.75) is 26.5 Å². The number of esters is 1. The molecule has 0 spiro atoms. The van der Waals surface area contributed by atoms with E-state index in [1.807, 2.05) is 0 Å². The number of nitrogens with one attached hydrogen (secondary N) is 1. The second-order valence-corrected chi connectivity index (χ2v) is 9.01. The number of carbonyl (C=O) groups is 2. The van der Waals surface area contributed by atoms with E-state index in [1.165, 1.54) is 19.1 Å². The summed E-state index contributed by atoms with van der Waals surface area (Å²) in [5.41, 5.74) is 1.13. The van der Waals surface area contributed by atoms with E-state index in [1.54, 1.807) is 19.2 Å².